The van der Waals surface area contributed by atoms with Crippen molar-refractivity contribution in [3.63, 3.8) is 0 Å². The number of aliphatic hydroxyl groups is 1. The summed E-state index contributed by atoms with van der Waals surface area (Å²) in [5, 5.41) is 19.9. The molecule has 0 aromatic rings. The Hall–Kier alpha value is -0.650. The van der Waals surface area contributed by atoms with Crippen molar-refractivity contribution in [1.82, 2.24) is 5.32 Å². The van der Waals surface area contributed by atoms with E-state index >= 15 is 0 Å². The Balaban J connectivity index is 3.46. The van der Waals surface area contributed by atoms with Crippen molar-refractivity contribution in [3.05, 3.63) is 0 Å². The van der Waals surface area contributed by atoms with E-state index in [0.717, 1.165) is 0 Å². The highest BCUT2D eigenvalue weighted by atomic mass is 16.6. The molecule has 0 aromatic heterocycles. The first-order valence-corrected chi connectivity index (χ1v) is 3.83. The summed E-state index contributed by atoms with van der Waals surface area (Å²) >= 11 is 0. The minimum atomic E-state index is -1.07. The van der Waals surface area contributed by atoms with E-state index in [1.807, 2.05) is 0 Å². The van der Waals surface area contributed by atoms with E-state index in [-0.39, 0.29) is 6.54 Å². The summed E-state index contributed by atoms with van der Waals surface area (Å²) in [5.41, 5.74) is 0. The monoisotopic (exact) mass is 177 g/mol. The molecule has 5 heteroatoms. The van der Waals surface area contributed by atoms with Crippen LogP contribution in [0.15, 0.2) is 0 Å². The normalized spacial score (nSPS) is 15.6. The first-order valence-electron chi connectivity index (χ1n) is 3.83. The van der Waals surface area contributed by atoms with Crippen molar-refractivity contribution in [1.29, 1.82) is 0 Å². The smallest absolute Gasteiger partial charge is 0.307 e. The zero-order valence-corrected chi connectivity index (χ0v) is 7.28. The van der Waals surface area contributed by atoms with Crippen LogP contribution in [0.5, 0.6) is 0 Å². The SMILES string of the molecule is CCOC(O)NCC(C)C(=O)O. The van der Waals surface area contributed by atoms with Gasteiger partial charge in [0.1, 0.15) is 0 Å². The maximum atomic E-state index is 10.3. The quantitative estimate of drug-likeness (QED) is 0.481. The van der Waals surface area contributed by atoms with Crippen LogP contribution in [-0.2, 0) is 9.53 Å². The van der Waals surface area contributed by atoms with Gasteiger partial charge in [0, 0.05) is 13.2 Å². The standard InChI is InChI=1S/C7H15NO4/c1-3-12-7(11)8-4-5(2)6(9)10/h5,7-8,11H,3-4H2,1-2H3,(H,9,10). The molecule has 0 saturated carbocycles. The third-order valence-corrected chi connectivity index (χ3v) is 1.34. The lowest BCUT2D eigenvalue weighted by atomic mass is 10.2. The van der Waals surface area contributed by atoms with Crippen LogP contribution in [0.2, 0.25) is 0 Å². The third kappa shape index (κ3) is 5.06. The molecule has 0 radical (unpaired) electrons. The highest BCUT2D eigenvalue weighted by molar-refractivity contribution is 5.69. The van der Waals surface area contributed by atoms with E-state index in [0.29, 0.717) is 6.61 Å². The Morgan fingerprint density at radius 1 is 1.67 bits per heavy atom. The Kier molecular flexibility index (Phi) is 5.61. The number of carbonyl (C=O) groups is 1. The number of carboxylic acids is 1. The van der Waals surface area contributed by atoms with Crippen LogP contribution in [0.4, 0.5) is 0 Å². The zero-order chi connectivity index (χ0) is 9.56. The van der Waals surface area contributed by atoms with Crippen molar-refractivity contribution >= 4 is 5.97 Å². The summed E-state index contributed by atoms with van der Waals surface area (Å²) in [7, 11) is 0. The van der Waals surface area contributed by atoms with Crippen LogP contribution in [0.25, 0.3) is 0 Å². The van der Waals surface area contributed by atoms with E-state index in [1.165, 1.54) is 0 Å². The minimum absolute atomic E-state index is 0.191. The average molecular weight is 177 g/mol. The van der Waals surface area contributed by atoms with Gasteiger partial charge in [0.05, 0.1) is 5.92 Å². The molecule has 0 aliphatic rings. The Labute approximate surface area is 71.3 Å². The molecule has 0 aliphatic heterocycles. The Morgan fingerprint density at radius 3 is 2.67 bits per heavy atom. The molecule has 0 aliphatic carbocycles. The molecule has 2 unspecified atom stereocenters. The number of aliphatic hydroxyl groups excluding tert-OH is 1. The lowest BCUT2D eigenvalue weighted by molar-refractivity contribution is -0.143. The molecule has 0 rings (SSSR count). The van der Waals surface area contributed by atoms with E-state index in [2.05, 4.69) is 5.32 Å². The number of aliphatic carboxylic acids is 1. The number of ether oxygens (including phenoxy) is 1. The molecular formula is C7H15NO4. The van der Waals surface area contributed by atoms with Gasteiger partial charge >= 0.3 is 5.97 Å². The van der Waals surface area contributed by atoms with Crippen molar-refractivity contribution in [2.75, 3.05) is 13.2 Å². The number of rotatable bonds is 6. The van der Waals surface area contributed by atoms with Crippen molar-refractivity contribution < 1.29 is 19.7 Å². The van der Waals surface area contributed by atoms with Gasteiger partial charge in [-0.2, -0.15) is 0 Å². The third-order valence-electron chi connectivity index (χ3n) is 1.34. The molecule has 5 nitrogen and oxygen atoms in total. The van der Waals surface area contributed by atoms with Crippen molar-refractivity contribution in [2.24, 2.45) is 5.92 Å². The highest BCUT2D eigenvalue weighted by Gasteiger charge is 2.11. The van der Waals surface area contributed by atoms with Gasteiger partial charge < -0.3 is 14.9 Å². The van der Waals surface area contributed by atoms with Gasteiger partial charge in [-0.25, -0.2) is 0 Å². The summed E-state index contributed by atoms with van der Waals surface area (Å²) in [4.78, 5) is 10.3. The van der Waals surface area contributed by atoms with E-state index in [9.17, 15) is 4.79 Å². The van der Waals surface area contributed by atoms with E-state index < -0.39 is 18.3 Å². The summed E-state index contributed by atoms with van der Waals surface area (Å²) in [6, 6.07) is 0. The molecule has 72 valence electrons. The predicted molar refractivity (Wildman–Crippen MR) is 42.4 cm³/mol. The summed E-state index contributed by atoms with van der Waals surface area (Å²) in [6.45, 7) is 3.87. The molecule has 0 bridgehead atoms. The molecule has 3 N–H and O–H groups in total. The summed E-state index contributed by atoms with van der Waals surface area (Å²) in [5.74, 6) is -1.42. The van der Waals surface area contributed by atoms with Crippen LogP contribution in [0, 0.1) is 5.92 Å². The minimum Gasteiger partial charge on any atom is -0.481 e. The molecule has 0 heterocycles. The topological polar surface area (TPSA) is 78.8 Å². The first-order chi connectivity index (χ1) is 5.57. The second kappa shape index (κ2) is 5.93. The second-order valence-electron chi connectivity index (χ2n) is 2.46. The fraction of sp³-hybridized carbons (Fsp3) is 0.857. The highest BCUT2D eigenvalue weighted by Crippen LogP contribution is 1.92. The van der Waals surface area contributed by atoms with Crippen LogP contribution < -0.4 is 5.32 Å². The van der Waals surface area contributed by atoms with Gasteiger partial charge in [-0.3, -0.25) is 10.1 Å². The van der Waals surface area contributed by atoms with Gasteiger partial charge in [0.25, 0.3) is 0 Å². The number of nitrogens with one attached hydrogen (secondary N) is 1. The zero-order valence-electron chi connectivity index (χ0n) is 7.28. The average Bonchev–Trinajstić information content (AvgIpc) is 2.00. The molecule has 0 aromatic carbocycles. The second-order valence-corrected chi connectivity index (χ2v) is 2.46. The van der Waals surface area contributed by atoms with Crippen LogP contribution in [-0.4, -0.2) is 35.7 Å². The maximum absolute atomic E-state index is 10.3. The number of hydrogen-bond donors (Lipinski definition) is 3. The van der Waals surface area contributed by atoms with Gasteiger partial charge in [-0.1, -0.05) is 6.92 Å². The van der Waals surface area contributed by atoms with Gasteiger partial charge in [0.15, 0.2) is 0 Å². The lowest BCUT2D eigenvalue weighted by Gasteiger charge is -2.13. The van der Waals surface area contributed by atoms with Gasteiger partial charge in [-0.15, -0.1) is 0 Å². The largest absolute Gasteiger partial charge is 0.481 e. The summed E-state index contributed by atoms with van der Waals surface area (Å²) in [6.07, 6.45) is -1.07. The Morgan fingerprint density at radius 2 is 2.25 bits per heavy atom. The van der Waals surface area contributed by atoms with Crippen molar-refractivity contribution in [3.8, 4) is 0 Å². The molecule has 12 heavy (non-hydrogen) atoms. The fourth-order valence-corrected chi connectivity index (χ4v) is 0.582. The first kappa shape index (κ1) is 11.4. The number of hydrogen-bond acceptors (Lipinski definition) is 4. The van der Waals surface area contributed by atoms with E-state index in [4.69, 9.17) is 14.9 Å². The van der Waals surface area contributed by atoms with Crippen molar-refractivity contribution in [2.45, 2.75) is 20.3 Å². The molecule has 2 atom stereocenters. The van der Waals surface area contributed by atoms with Crippen LogP contribution in [0.3, 0.4) is 0 Å². The lowest BCUT2D eigenvalue weighted by Crippen LogP contribution is -2.36. The summed E-state index contributed by atoms with van der Waals surface area (Å²) < 4.78 is 4.72. The fourth-order valence-electron chi connectivity index (χ4n) is 0.582. The van der Waals surface area contributed by atoms with Crippen LogP contribution in [0.1, 0.15) is 13.8 Å². The number of carboxylic acid groups (broad SMARTS) is 1. The maximum Gasteiger partial charge on any atom is 0.307 e. The van der Waals surface area contributed by atoms with Gasteiger partial charge in [-0.05, 0) is 6.92 Å². The molecule has 0 amide bonds. The molecule has 0 saturated heterocycles. The Bertz CT molecular complexity index is 139. The molecule has 0 spiro atoms. The van der Waals surface area contributed by atoms with Gasteiger partial charge in [0.2, 0.25) is 6.41 Å². The molecule has 0 fully saturated rings. The predicted octanol–water partition coefficient (Wildman–Crippen LogP) is -0.391. The van der Waals surface area contributed by atoms with E-state index in [1.54, 1.807) is 13.8 Å². The molecular weight excluding hydrogens is 162 g/mol. The van der Waals surface area contributed by atoms with Crippen LogP contribution >= 0.6 is 0 Å².